The Hall–Kier alpha value is -1.77. The Labute approximate surface area is 108 Å². The molecule has 8 nitrogen and oxygen atoms in total. The van der Waals surface area contributed by atoms with Gasteiger partial charge < -0.3 is 25.3 Å². The van der Waals surface area contributed by atoms with Crippen LogP contribution >= 0.6 is 0 Å². The number of hydrogen-bond acceptors (Lipinski definition) is 6. The number of carbonyl (C=O) groups excluding carboxylic acids is 1. The lowest BCUT2D eigenvalue weighted by atomic mass is 10.0. The molecule has 8 heteroatoms. The predicted molar refractivity (Wildman–Crippen MR) is 63.5 cm³/mol. The molecule has 1 aromatic heterocycles. The number of aliphatic imine (C=N–C) groups is 1. The number of aliphatic hydroxyl groups is 2. The maximum atomic E-state index is 11.9. The first-order valence-corrected chi connectivity index (χ1v) is 5.95. The Kier molecular flexibility index (Phi) is 2.85. The molecule has 3 atom stereocenters. The van der Waals surface area contributed by atoms with Crippen molar-refractivity contribution in [3.63, 3.8) is 0 Å². The summed E-state index contributed by atoms with van der Waals surface area (Å²) in [6.45, 7) is -0.00401. The fraction of sp³-hybridized carbons (Fsp3) is 0.545. The average molecular weight is 266 g/mol. The SMILES string of the molecule is NC1=NC(=O)C2COC(C(O)CO)Cn3cnc1c32. The molecule has 0 fully saturated rings. The molecule has 0 radical (unpaired) electrons. The van der Waals surface area contributed by atoms with E-state index >= 15 is 0 Å². The van der Waals surface area contributed by atoms with Crippen molar-refractivity contribution in [3.05, 3.63) is 17.7 Å². The number of rotatable bonds is 2. The van der Waals surface area contributed by atoms with Gasteiger partial charge in [-0.3, -0.25) is 4.79 Å². The van der Waals surface area contributed by atoms with Crippen molar-refractivity contribution in [3.8, 4) is 0 Å². The summed E-state index contributed by atoms with van der Waals surface area (Å²) in [6, 6.07) is 0. The third kappa shape index (κ3) is 1.84. The Bertz CT molecular complexity index is 553. The fourth-order valence-electron chi connectivity index (χ4n) is 2.43. The lowest BCUT2D eigenvalue weighted by Crippen LogP contribution is -2.35. The van der Waals surface area contributed by atoms with Crippen molar-refractivity contribution in [1.29, 1.82) is 0 Å². The second-order valence-corrected chi connectivity index (χ2v) is 4.64. The number of carbonyl (C=O) groups is 1. The highest BCUT2D eigenvalue weighted by Gasteiger charge is 2.37. The van der Waals surface area contributed by atoms with Crippen LogP contribution in [0.1, 0.15) is 17.3 Å². The average Bonchev–Trinajstić information content (AvgIpc) is 2.70. The molecular formula is C11H14N4O4. The smallest absolute Gasteiger partial charge is 0.259 e. The third-order valence-corrected chi connectivity index (χ3v) is 3.45. The molecule has 4 N–H and O–H groups in total. The van der Waals surface area contributed by atoms with E-state index in [0.29, 0.717) is 17.9 Å². The predicted octanol–water partition coefficient (Wildman–Crippen LogP) is -2.04. The van der Waals surface area contributed by atoms with Gasteiger partial charge in [-0.1, -0.05) is 0 Å². The summed E-state index contributed by atoms with van der Waals surface area (Å²) in [4.78, 5) is 19.8. The molecule has 3 rings (SSSR count). The number of nitrogens with two attached hydrogens (primary N) is 1. The van der Waals surface area contributed by atoms with Crippen molar-refractivity contribution in [2.75, 3.05) is 13.2 Å². The second kappa shape index (κ2) is 4.41. The van der Waals surface area contributed by atoms with Gasteiger partial charge in [-0.2, -0.15) is 4.99 Å². The minimum atomic E-state index is -1.01. The number of hydrogen-bond donors (Lipinski definition) is 3. The maximum Gasteiger partial charge on any atom is 0.259 e. The fourth-order valence-corrected chi connectivity index (χ4v) is 2.43. The maximum absolute atomic E-state index is 11.9. The molecule has 0 aromatic carbocycles. The number of nitrogens with zero attached hydrogens (tertiary/aromatic N) is 3. The molecule has 1 aromatic rings. The lowest BCUT2D eigenvalue weighted by molar-refractivity contribution is -0.122. The first-order valence-electron chi connectivity index (χ1n) is 5.95. The number of ether oxygens (including phenoxy) is 1. The number of aliphatic hydroxyl groups excluding tert-OH is 2. The quantitative estimate of drug-likeness (QED) is 0.567. The van der Waals surface area contributed by atoms with E-state index in [4.69, 9.17) is 15.6 Å². The van der Waals surface area contributed by atoms with Gasteiger partial charge in [0.25, 0.3) is 5.91 Å². The first-order chi connectivity index (χ1) is 9.11. The number of amidine groups is 1. The molecule has 0 aliphatic carbocycles. The van der Waals surface area contributed by atoms with Crippen LogP contribution in [0, 0.1) is 0 Å². The van der Waals surface area contributed by atoms with E-state index in [2.05, 4.69) is 9.98 Å². The summed E-state index contributed by atoms with van der Waals surface area (Å²) in [5.74, 6) is -0.817. The normalized spacial score (nSPS) is 27.5. The molecule has 3 heterocycles. The molecule has 2 aliphatic rings. The van der Waals surface area contributed by atoms with E-state index < -0.39 is 24.7 Å². The summed E-state index contributed by atoms with van der Waals surface area (Å²) in [7, 11) is 0. The molecular weight excluding hydrogens is 252 g/mol. The Balaban J connectivity index is 2.01. The van der Waals surface area contributed by atoms with Crippen LogP contribution in [0.15, 0.2) is 11.3 Å². The van der Waals surface area contributed by atoms with Crippen molar-refractivity contribution < 1.29 is 19.7 Å². The molecule has 0 saturated carbocycles. The summed E-state index contributed by atoms with van der Waals surface area (Å²) in [5, 5.41) is 18.7. The first kappa shape index (κ1) is 12.3. The highest BCUT2D eigenvalue weighted by atomic mass is 16.5. The molecule has 0 saturated heterocycles. The highest BCUT2D eigenvalue weighted by molar-refractivity contribution is 6.09. The van der Waals surface area contributed by atoms with Gasteiger partial charge >= 0.3 is 0 Å². The van der Waals surface area contributed by atoms with Gasteiger partial charge in [-0.05, 0) is 0 Å². The lowest BCUT2D eigenvalue weighted by Gasteiger charge is -2.20. The van der Waals surface area contributed by atoms with Gasteiger partial charge in [0.05, 0.1) is 31.8 Å². The van der Waals surface area contributed by atoms with Crippen molar-refractivity contribution >= 4 is 11.7 Å². The van der Waals surface area contributed by atoms with Crippen LogP contribution in [0.3, 0.4) is 0 Å². The Morgan fingerprint density at radius 1 is 1.63 bits per heavy atom. The molecule has 0 spiro atoms. The molecule has 19 heavy (non-hydrogen) atoms. The molecule has 3 unspecified atom stereocenters. The monoisotopic (exact) mass is 266 g/mol. The van der Waals surface area contributed by atoms with Crippen LogP contribution in [0.25, 0.3) is 0 Å². The molecule has 0 bridgehead atoms. The van der Waals surface area contributed by atoms with Crippen LogP contribution in [0.4, 0.5) is 0 Å². The van der Waals surface area contributed by atoms with Crippen LogP contribution < -0.4 is 5.73 Å². The van der Waals surface area contributed by atoms with Crippen molar-refractivity contribution in [1.82, 2.24) is 9.55 Å². The molecule has 102 valence electrons. The number of aromatic nitrogens is 2. The van der Waals surface area contributed by atoms with Gasteiger partial charge in [0, 0.05) is 0 Å². The van der Waals surface area contributed by atoms with Gasteiger partial charge in [-0.15, -0.1) is 0 Å². The Morgan fingerprint density at radius 2 is 2.42 bits per heavy atom. The largest absolute Gasteiger partial charge is 0.394 e. The van der Waals surface area contributed by atoms with E-state index in [1.807, 2.05) is 0 Å². The third-order valence-electron chi connectivity index (χ3n) is 3.45. The summed E-state index contributed by atoms with van der Waals surface area (Å²) < 4.78 is 7.24. The summed E-state index contributed by atoms with van der Waals surface area (Å²) >= 11 is 0. The van der Waals surface area contributed by atoms with E-state index in [0.717, 1.165) is 0 Å². The van der Waals surface area contributed by atoms with Crippen molar-refractivity contribution in [2.24, 2.45) is 10.7 Å². The Morgan fingerprint density at radius 3 is 3.16 bits per heavy atom. The molecule has 2 aliphatic heterocycles. The zero-order valence-electron chi connectivity index (χ0n) is 10.1. The zero-order valence-corrected chi connectivity index (χ0v) is 10.1. The highest BCUT2D eigenvalue weighted by Crippen LogP contribution is 2.29. The summed E-state index contributed by atoms with van der Waals surface area (Å²) in [6.07, 6.45) is -0.0563. The standard InChI is InChI=1S/C11H14N4O4/c12-10-8-9-5(11(18)14-10)3-19-7(6(17)2-16)1-15(9)4-13-8/h4-7,16-17H,1-3H2,(H2,12,14,18). The topological polar surface area (TPSA) is 123 Å². The van der Waals surface area contributed by atoms with E-state index in [1.165, 1.54) is 0 Å². The van der Waals surface area contributed by atoms with Crippen LogP contribution in [0.5, 0.6) is 0 Å². The van der Waals surface area contributed by atoms with E-state index in [-0.39, 0.29) is 18.3 Å². The minimum absolute atomic E-state index is 0.0933. The van der Waals surface area contributed by atoms with Crippen molar-refractivity contribution in [2.45, 2.75) is 24.7 Å². The van der Waals surface area contributed by atoms with Gasteiger partial charge in [-0.25, -0.2) is 4.98 Å². The van der Waals surface area contributed by atoms with Gasteiger partial charge in [0.15, 0.2) is 5.84 Å². The zero-order chi connectivity index (χ0) is 13.6. The second-order valence-electron chi connectivity index (χ2n) is 4.64. The molecule has 1 amide bonds. The van der Waals surface area contributed by atoms with Crippen LogP contribution in [0.2, 0.25) is 0 Å². The summed E-state index contributed by atoms with van der Waals surface area (Å²) in [5.41, 5.74) is 6.85. The van der Waals surface area contributed by atoms with E-state index in [9.17, 15) is 9.90 Å². The van der Waals surface area contributed by atoms with Crippen LogP contribution in [-0.2, 0) is 16.1 Å². The minimum Gasteiger partial charge on any atom is -0.394 e. The van der Waals surface area contributed by atoms with E-state index in [1.54, 1.807) is 10.9 Å². The van der Waals surface area contributed by atoms with Gasteiger partial charge in [0.1, 0.15) is 23.8 Å². The number of imidazole rings is 1. The van der Waals surface area contributed by atoms with Crippen LogP contribution in [-0.4, -0.2) is 56.9 Å². The van der Waals surface area contributed by atoms with Gasteiger partial charge in [0.2, 0.25) is 0 Å². The number of amides is 1.